The average Bonchev–Trinajstić information content (AvgIpc) is 2.89. The molecule has 1 amide bonds. The van der Waals surface area contributed by atoms with Crippen molar-refractivity contribution >= 4 is 5.91 Å². The van der Waals surface area contributed by atoms with E-state index in [0.717, 1.165) is 0 Å². The Labute approximate surface area is 225 Å². The number of nitrogens with one attached hydrogen (secondary N) is 1. The molecular weight excluding hydrogens is 528 g/mol. The molecule has 0 aliphatic carbocycles. The van der Waals surface area contributed by atoms with Crippen molar-refractivity contribution in [3.05, 3.63) is 0 Å². The summed E-state index contributed by atoms with van der Waals surface area (Å²) in [6.45, 7) is 1.78. The van der Waals surface area contributed by atoms with Gasteiger partial charge in [-0.2, -0.15) is 0 Å². The maximum absolute atomic E-state index is 11.8. The minimum atomic E-state index is -1.62. The van der Waals surface area contributed by atoms with Crippen LogP contribution in [-0.2, 0) is 33.2 Å². The first-order chi connectivity index (χ1) is 18.5. The third-order valence-corrected chi connectivity index (χ3v) is 6.96. The normalized spacial score (nSPS) is 45.2. The molecule has 16 nitrogen and oxygen atoms in total. The van der Waals surface area contributed by atoms with E-state index >= 15 is 0 Å². The zero-order valence-electron chi connectivity index (χ0n) is 21.9. The molecule has 0 aromatic heterocycles. The van der Waals surface area contributed by atoms with Crippen LogP contribution in [0.4, 0.5) is 0 Å². The number of hydrogen-bond donors (Lipinski definition) is 9. The SMILES string of the molecule is CC(=O)NC1[C@@H](O[C@@H]2C(O[C@H]3CC(O)[C@H](O)C(C)O3)[C@H](OCCCN)OC(CO)[C@@H]2O)OC(CO)[C@H](O)[C@@H]1O. The van der Waals surface area contributed by atoms with Crippen LogP contribution >= 0.6 is 0 Å². The van der Waals surface area contributed by atoms with E-state index in [1.54, 1.807) is 0 Å². The lowest BCUT2D eigenvalue weighted by Crippen LogP contribution is -2.68. The summed E-state index contributed by atoms with van der Waals surface area (Å²) < 4.78 is 34.9. The van der Waals surface area contributed by atoms with Gasteiger partial charge in [-0.15, -0.1) is 0 Å². The molecule has 14 atom stereocenters. The van der Waals surface area contributed by atoms with Crippen LogP contribution in [0.15, 0.2) is 0 Å². The zero-order chi connectivity index (χ0) is 28.9. The highest BCUT2D eigenvalue weighted by Crippen LogP contribution is 2.33. The number of nitrogens with two attached hydrogens (primary N) is 1. The summed E-state index contributed by atoms with van der Waals surface area (Å²) in [5.74, 6) is -0.584. The summed E-state index contributed by atoms with van der Waals surface area (Å²) in [5.41, 5.74) is 5.56. The van der Waals surface area contributed by atoms with Crippen LogP contribution in [0.5, 0.6) is 0 Å². The Bertz CT molecular complexity index is 754. The highest BCUT2D eigenvalue weighted by atomic mass is 16.8. The second-order valence-corrected chi connectivity index (χ2v) is 9.93. The Morgan fingerprint density at radius 2 is 1.54 bits per heavy atom. The second kappa shape index (κ2) is 14.7. The van der Waals surface area contributed by atoms with Gasteiger partial charge in [-0.3, -0.25) is 4.79 Å². The Balaban J connectivity index is 1.92. The number of carbonyl (C=O) groups excluding carboxylic acids is 1. The zero-order valence-corrected chi connectivity index (χ0v) is 21.9. The number of ether oxygens (including phenoxy) is 6. The molecule has 0 aromatic rings. The van der Waals surface area contributed by atoms with E-state index in [4.69, 9.17) is 34.2 Å². The van der Waals surface area contributed by atoms with Crippen LogP contribution in [0.3, 0.4) is 0 Å². The van der Waals surface area contributed by atoms with Crippen LogP contribution in [0.2, 0.25) is 0 Å². The Hall–Kier alpha value is -1.09. The van der Waals surface area contributed by atoms with Crippen molar-refractivity contribution in [2.75, 3.05) is 26.4 Å². The maximum Gasteiger partial charge on any atom is 0.217 e. The standard InChI is InChI=1S/C23H42N2O14/c1-9-16(30)11(29)6-14(35-9)38-21-20(18(32)13(8-27)37-23(21)34-5-3-4-24)39-22-15(25-10(2)28)19(33)17(31)12(7-26)36-22/h9,11-23,26-27,29-33H,3-8,24H2,1-2H3,(H,25,28)/t9?,11?,12?,13?,14-,15?,16+,17-,18-,19+,20-,21?,22+,23+/m0/s1. The van der Waals surface area contributed by atoms with Gasteiger partial charge in [0.05, 0.1) is 32.0 Å². The van der Waals surface area contributed by atoms with Gasteiger partial charge >= 0.3 is 0 Å². The monoisotopic (exact) mass is 570 g/mol. The van der Waals surface area contributed by atoms with E-state index in [2.05, 4.69) is 5.32 Å². The fraction of sp³-hybridized carbons (Fsp3) is 0.957. The second-order valence-electron chi connectivity index (χ2n) is 9.93. The molecule has 0 bridgehead atoms. The smallest absolute Gasteiger partial charge is 0.217 e. The molecule has 228 valence electrons. The van der Waals surface area contributed by atoms with E-state index in [-0.39, 0.29) is 13.0 Å². The summed E-state index contributed by atoms with van der Waals surface area (Å²) in [4.78, 5) is 11.8. The van der Waals surface area contributed by atoms with Crippen molar-refractivity contribution in [3.8, 4) is 0 Å². The van der Waals surface area contributed by atoms with Gasteiger partial charge in [0.2, 0.25) is 5.91 Å². The third kappa shape index (κ3) is 7.81. The molecule has 0 saturated carbocycles. The van der Waals surface area contributed by atoms with E-state index in [1.807, 2.05) is 0 Å². The Kier molecular flexibility index (Phi) is 12.2. The molecule has 3 heterocycles. The molecule has 0 spiro atoms. The van der Waals surface area contributed by atoms with E-state index < -0.39 is 105 Å². The van der Waals surface area contributed by atoms with Gasteiger partial charge in [-0.05, 0) is 19.9 Å². The minimum absolute atomic E-state index is 0.108. The predicted molar refractivity (Wildman–Crippen MR) is 127 cm³/mol. The van der Waals surface area contributed by atoms with Crippen molar-refractivity contribution in [2.24, 2.45) is 5.73 Å². The van der Waals surface area contributed by atoms with Gasteiger partial charge in [0.25, 0.3) is 0 Å². The van der Waals surface area contributed by atoms with Gasteiger partial charge in [0.1, 0.15) is 54.9 Å². The molecule has 39 heavy (non-hydrogen) atoms. The van der Waals surface area contributed by atoms with Gasteiger partial charge in [0.15, 0.2) is 18.9 Å². The lowest BCUT2D eigenvalue weighted by molar-refractivity contribution is -0.375. The minimum Gasteiger partial charge on any atom is -0.394 e. The Morgan fingerprint density at radius 3 is 2.13 bits per heavy atom. The molecule has 3 rings (SSSR count). The molecule has 3 aliphatic rings. The predicted octanol–water partition coefficient (Wildman–Crippen LogP) is -5.00. The summed E-state index contributed by atoms with van der Waals surface area (Å²) >= 11 is 0. The van der Waals surface area contributed by atoms with Crippen LogP contribution in [0, 0.1) is 0 Å². The third-order valence-electron chi connectivity index (χ3n) is 6.96. The average molecular weight is 571 g/mol. The topological polar surface area (TPSA) is 252 Å². The molecule has 0 radical (unpaired) electrons. The van der Waals surface area contributed by atoms with Gasteiger partial charge in [-0.1, -0.05) is 0 Å². The van der Waals surface area contributed by atoms with E-state index in [1.165, 1.54) is 13.8 Å². The molecule has 0 aromatic carbocycles. The molecule has 16 heteroatoms. The fourth-order valence-electron chi connectivity index (χ4n) is 4.79. The van der Waals surface area contributed by atoms with Gasteiger partial charge in [-0.25, -0.2) is 0 Å². The summed E-state index contributed by atoms with van der Waals surface area (Å²) in [6, 6.07) is -1.33. The van der Waals surface area contributed by atoms with E-state index in [9.17, 15) is 40.5 Å². The van der Waals surface area contributed by atoms with Crippen LogP contribution in [-0.4, -0.2) is 154 Å². The molecule has 3 saturated heterocycles. The molecule has 10 N–H and O–H groups in total. The molecule has 3 aliphatic heterocycles. The van der Waals surface area contributed by atoms with E-state index in [0.29, 0.717) is 13.0 Å². The fourth-order valence-corrected chi connectivity index (χ4v) is 4.79. The molecule has 6 unspecified atom stereocenters. The lowest BCUT2D eigenvalue weighted by atomic mass is 9.95. The summed E-state index contributed by atoms with van der Waals surface area (Å²) in [7, 11) is 0. The van der Waals surface area contributed by atoms with Crippen molar-refractivity contribution in [1.29, 1.82) is 0 Å². The van der Waals surface area contributed by atoms with Crippen molar-refractivity contribution in [1.82, 2.24) is 5.32 Å². The maximum atomic E-state index is 11.8. The van der Waals surface area contributed by atoms with Crippen molar-refractivity contribution in [2.45, 2.75) is 113 Å². The quantitative estimate of drug-likeness (QED) is 0.105. The first kappa shape index (κ1) is 32.4. The lowest BCUT2D eigenvalue weighted by Gasteiger charge is -2.49. The molecular formula is C23H42N2O14. The number of hydrogen-bond acceptors (Lipinski definition) is 15. The van der Waals surface area contributed by atoms with Crippen LogP contribution in [0.25, 0.3) is 0 Å². The van der Waals surface area contributed by atoms with Gasteiger partial charge < -0.3 is 75.2 Å². The highest BCUT2D eigenvalue weighted by Gasteiger charge is 2.53. The number of aliphatic hydroxyl groups is 7. The first-order valence-corrected chi connectivity index (χ1v) is 13.0. The molecule has 3 fully saturated rings. The van der Waals surface area contributed by atoms with Gasteiger partial charge in [0, 0.05) is 13.3 Å². The largest absolute Gasteiger partial charge is 0.394 e. The van der Waals surface area contributed by atoms with Crippen molar-refractivity contribution in [3.63, 3.8) is 0 Å². The summed E-state index contributed by atoms with van der Waals surface area (Å²) in [5, 5.41) is 74.3. The summed E-state index contributed by atoms with van der Waals surface area (Å²) in [6.07, 6.45) is -16.7. The number of amides is 1. The Morgan fingerprint density at radius 1 is 0.897 bits per heavy atom. The highest BCUT2D eigenvalue weighted by molar-refractivity contribution is 5.73. The number of carbonyl (C=O) groups is 1. The number of aliphatic hydroxyl groups excluding tert-OH is 7. The van der Waals surface area contributed by atoms with Crippen LogP contribution in [0.1, 0.15) is 26.7 Å². The first-order valence-electron chi connectivity index (χ1n) is 13.0. The van der Waals surface area contributed by atoms with Crippen LogP contribution < -0.4 is 11.1 Å². The number of rotatable bonds is 11. The van der Waals surface area contributed by atoms with Crippen molar-refractivity contribution < 1.29 is 69.0 Å².